The molecule has 0 aliphatic rings. The van der Waals surface area contributed by atoms with Crippen molar-refractivity contribution in [2.24, 2.45) is 0 Å². The van der Waals surface area contributed by atoms with Crippen molar-refractivity contribution >= 4 is 12.3 Å². The Labute approximate surface area is 100.0 Å². The van der Waals surface area contributed by atoms with Crippen molar-refractivity contribution in [2.75, 3.05) is 13.7 Å². The number of ketones is 1. The standard InChI is InChI=1S/C9H10O3.C3H6O2/c1-6(10)7-3-4-9(12-2)8(11)5-7;1-2-5-3-4/h3-5,11H,1-2H3;3H,2H2,1H3. The summed E-state index contributed by atoms with van der Waals surface area (Å²) in [5.74, 6) is 0.290. The normalized spacial score (nSPS) is 8.65. The topological polar surface area (TPSA) is 72.8 Å². The number of hydrogen-bond donors (Lipinski definition) is 1. The minimum atomic E-state index is -0.0760. The molecule has 0 saturated carbocycles. The number of carbonyl (C=O) groups is 2. The number of rotatable bonds is 4. The molecule has 5 heteroatoms. The first-order valence-electron chi connectivity index (χ1n) is 5.00. The van der Waals surface area contributed by atoms with E-state index in [-0.39, 0.29) is 11.5 Å². The number of phenolic OH excluding ortho intramolecular Hbond substituents is 1. The van der Waals surface area contributed by atoms with Gasteiger partial charge in [-0.05, 0) is 32.0 Å². The van der Waals surface area contributed by atoms with Crippen molar-refractivity contribution in [3.8, 4) is 11.5 Å². The van der Waals surface area contributed by atoms with Gasteiger partial charge < -0.3 is 14.6 Å². The molecule has 0 saturated heterocycles. The van der Waals surface area contributed by atoms with E-state index in [9.17, 15) is 14.7 Å². The van der Waals surface area contributed by atoms with E-state index in [0.29, 0.717) is 24.4 Å². The van der Waals surface area contributed by atoms with Crippen LogP contribution in [0.15, 0.2) is 18.2 Å². The molecule has 0 amide bonds. The van der Waals surface area contributed by atoms with E-state index in [1.54, 1.807) is 19.1 Å². The molecule has 17 heavy (non-hydrogen) atoms. The molecule has 0 fully saturated rings. The summed E-state index contributed by atoms with van der Waals surface area (Å²) in [6, 6.07) is 4.56. The van der Waals surface area contributed by atoms with Gasteiger partial charge in [-0.15, -0.1) is 0 Å². The van der Waals surface area contributed by atoms with Crippen LogP contribution in [-0.4, -0.2) is 31.1 Å². The number of aromatic hydroxyl groups is 1. The molecule has 1 rings (SSSR count). The molecule has 94 valence electrons. The number of methoxy groups -OCH3 is 1. The zero-order valence-corrected chi connectivity index (χ0v) is 10.1. The van der Waals surface area contributed by atoms with Crippen LogP contribution < -0.4 is 4.74 Å². The Hall–Kier alpha value is -2.04. The van der Waals surface area contributed by atoms with Gasteiger partial charge in [0.15, 0.2) is 17.3 Å². The second-order valence-electron chi connectivity index (χ2n) is 2.99. The molecule has 0 atom stereocenters. The van der Waals surface area contributed by atoms with Crippen molar-refractivity contribution in [2.45, 2.75) is 13.8 Å². The van der Waals surface area contributed by atoms with Crippen LogP contribution in [0.1, 0.15) is 24.2 Å². The summed E-state index contributed by atoms with van der Waals surface area (Å²) < 4.78 is 8.97. The summed E-state index contributed by atoms with van der Waals surface area (Å²) in [5.41, 5.74) is 0.480. The summed E-state index contributed by atoms with van der Waals surface area (Å²) >= 11 is 0. The zero-order valence-electron chi connectivity index (χ0n) is 10.1. The van der Waals surface area contributed by atoms with Crippen molar-refractivity contribution < 1.29 is 24.2 Å². The maximum Gasteiger partial charge on any atom is 0.293 e. The number of carbonyl (C=O) groups excluding carboxylic acids is 2. The van der Waals surface area contributed by atoms with E-state index in [2.05, 4.69) is 4.74 Å². The van der Waals surface area contributed by atoms with Gasteiger partial charge in [-0.2, -0.15) is 0 Å². The molecule has 0 heterocycles. The number of phenols is 1. The molecule has 1 aromatic rings. The van der Waals surface area contributed by atoms with E-state index in [1.807, 2.05) is 0 Å². The molecule has 0 radical (unpaired) electrons. The second kappa shape index (κ2) is 8.15. The Morgan fingerprint density at radius 3 is 2.41 bits per heavy atom. The molecule has 5 nitrogen and oxygen atoms in total. The highest BCUT2D eigenvalue weighted by Gasteiger charge is 2.04. The van der Waals surface area contributed by atoms with E-state index in [1.165, 1.54) is 20.1 Å². The quantitative estimate of drug-likeness (QED) is 0.641. The summed E-state index contributed by atoms with van der Waals surface area (Å²) in [5, 5.41) is 9.26. The minimum absolute atomic E-state index is 0.00907. The lowest BCUT2D eigenvalue weighted by atomic mass is 10.1. The highest BCUT2D eigenvalue weighted by molar-refractivity contribution is 5.94. The molecule has 0 bridgehead atoms. The Balaban J connectivity index is 0.000000437. The highest BCUT2D eigenvalue weighted by atomic mass is 16.5. The largest absolute Gasteiger partial charge is 0.504 e. The monoisotopic (exact) mass is 240 g/mol. The van der Waals surface area contributed by atoms with E-state index < -0.39 is 0 Å². The fourth-order valence-electron chi connectivity index (χ4n) is 0.977. The molecule has 0 aromatic heterocycles. The Bertz CT molecular complexity index is 373. The maximum absolute atomic E-state index is 10.8. The lowest BCUT2D eigenvalue weighted by molar-refractivity contribution is -0.128. The molecular weight excluding hydrogens is 224 g/mol. The predicted molar refractivity (Wildman–Crippen MR) is 62.4 cm³/mol. The lowest BCUT2D eigenvalue weighted by Gasteiger charge is -2.03. The van der Waals surface area contributed by atoms with Crippen LogP contribution in [0.25, 0.3) is 0 Å². The summed E-state index contributed by atoms with van der Waals surface area (Å²) in [7, 11) is 1.46. The zero-order chi connectivity index (χ0) is 13.3. The Morgan fingerprint density at radius 2 is 2.12 bits per heavy atom. The number of hydrogen-bond acceptors (Lipinski definition) is 5. The van der Waals surface area contributed by atoms with Crippen molar-refractivity contribution in [3.63, 3.8) is 0 Å². The van der Waals surface area contributed by atoms with Gasteiger partial charge in [0.05, 0.1) is 13.7 Å². The average Bonchev–Trinajstić information content (AvgIpc) is 2.30. The summed E-state index contributed by atoms with van der Waals surface area (Å²) in [6.45, 7) is 4.11. The third-order valence-electron chi connectivity index (χ3n) is 1.82. The highest BCUT2D eigenvalue weighted by Crippen LogP contribution is 2.26. The fourth-order valence-corrected chi connectivity index (χ4v) is 0.977. The van der Waals surface area contributed by atoms with Crippen LogP contribution >= 0.6 is 0 Å². The third-order valence-corrected chi connectivity index (χ3v) is 1.82. The molecule has 0 spiro atoms. The van der Waals surface area contributed by atoms with Crippen LogP contribution in [-0.2, 0) is 9.53 Å². The number of ether oxygens (including phenoxy) is 2. The van der Waals surface area contributed by atoms with Gasteiger partial charge in [-0.3, -0.25) is 9.59 Å². The number of Topliss-reactive ketones (excluding diaryl/α,β-unsaturated/α-hetero) is 1. The fraction of sp³-hybridized carbons (Fsp3) is 0.333. The second-order valence-corrected chi connectivity index (χ2v) is 2.99. The Morgan fingerprint density at radius 1 is 1.47 bits per heavy atom. The van der Waals surface area contributed by atoms with Crippen molar-refractivity contribution in [3.05, 3.63) is 23.8 Å². The van der Waals surface area contributed by atoms with Gasteiger partial charge >= 0.3 is 0 Å². The molecule has 0 unspecified atom stereocenters. The third kappa shape index (κ3) is 5.55. The van der Waals surface area contributed by atoms with Crippen molar-refractivity contribution in [1.29, 1.82) is 0 Å². The van der Waals surface area contributed by atoms with Gasteiger partial charge in [-0.25, -0.2) is 0 Å². The smallest absolute Gasteiger partial charge is 0.293 e. The predicted octanol–water partition coefficient (Wildman–Crippen LogP) is 1.78. The van der Waals surface area contributed by atoms with Crippen molar-refractivity contribution in [1.82, 2.24) is 0 Å². The SMILES string of the molecule is CCOC=O.COc1ccc(C(C)=O)cc1O. The first-order valence-corrected chi connectivity index (χ1v) is 5.00. The summed E-state index contributed by atoms with van der Waals surface area (Å²) in [4.78, 5) is 20.0. The van der Waals surface area contributed by atoms with Crippen LogP contribution in [0.5, 0.6) is 11.5 Å². The van der Waals surface area contributed by atoms with E-state index >= 15 is 0 Å². The molecule has 0 aliphatic heterocycles. The lowest BCUT2D eigenvalue weighted by Crippen LogP contribution is -1.92. The first-order chi connectivity index (χ1) is 8.06. The maximum atomic E-state index is 10.8. The summed E-state index contributed by atoms with van der Waals surface area (Å²) in [6.07, 6.45) is 0. The van der Waals surface area contributed by atoms with E-state index in [0.717, 1.165) is 0 Å². The van der Waals surface area contributed by atoms with Crippen LogP contribution in [0.4, 0.5) is 0 Å². The van der Waals surface area contributed by atoms with Crippen LogP contribution in [0.3, 0.4) is 0 Å². The number of benzene rings is 1. The average molecular weight is 240 g/mol. The molecule has 1 N–H and O–H groups in total. The van der Waals surface area contributed by atoms with Gasteiger partial charge in [0.2, 0.25) is 0 Å². The van der Waals surface area contributed by atoms with Gasteiger partial charge in [0.25, 0.3) is 6.47 Å². The molecule has 1 aromatic carbocycles. The van der Waals surface area contributed by atoms with E-state index in [4.69, 9.17) is 4.74 Å². The van der Waals surface area contributed by atoms with Crippen LogP contribution in [0, 0.1) is 0 Å². The first kappa shape index (κ1) is 15.0. The van der Waals surface area contributed by atoms with Gasteiger partial charge in [-0.1, -0.05) is 0 Å². The molecular formula is C12H16O5. The van der Waals surface area contributed by atoms with Crippen LogP contribution in [0.2, 0.25) is 0 Å². The molecule has 0 aliphatic carbocycles. The van der Waals surface area contributed by atoms with Gasteiger partial charge in [0, 0.05) is 5.56 Å². The minimum Gasteiger partial charge on any atom is -0.504 e. The Kier molecular flexibility index (Phi) is 7.17. The van der Waals surface area contributed by atoms with Gasteiger partial charge in [0.1, 0.15) is 0 Å².